The second-order valence-corrected chi connectivity index (χ2v) is 4.88. The monoisotopic (exact) mass is 338 g/mol. The summed E-state index contributed by atoms with van der Waals surface area (Å²) in [6.45, 7) is 0.222. The van der Waals surface area contributed by atoms with Crippen LogP contribution in [0.2, 0.25) is 0 Å². The zero-order valence-corrected chi connectivity index (χ0v) is 11.8. The minimum absolute atomic E-state index is 0.282. The zero-order valence-electron chi connectivity index (χ0n) is 10.2. The number of alkyl halides is 3. The highest BCUT2D eigenvalue weighted by molar-refractivity contribution is 9.10. The molecule has 0 heterocycles. The molecule has 19 heavy (non-hydrogen) atoms. The van der Waals surface area contributed by atoms with Gasteiger partial charge in [0.05, 0.1) is 19.1 Å². The molecule has 1 aromatic carbocycles. The van der Waals surface area contributed by atoms with E-state index in [1.807, 2.05) is 29.6 Å². The van der Waals surface area contributed by atoms with E-state index in [4.69, 9.17) is 0 Å². The third kappa shape index (κ3) is 6.07. The van der Waals surface area contributed by atoms with Crippen molar-refractivity contribution in [1.82, 2.24) is 10.6 Å². The smallest absolute Gasteiger partial charge is 0.348 e. The third-order valence-corrected chi connectivity index (χ3v) is 3.08. The van der Waals surface area contributed by atoms with Gasteiger partial charge in [-0.05, 0) is 18.6 Å². The Hall–Kier alpha value is -1.08. The average Bonchev–Trinajstić information content (AvgIpc) is 2.27. The number of carbonyl (C=O) groups excluding carboxylic acids is 1. The zero-order chi connectivity index (χ0) is 14.5. The van der Waals surface area contributed by atoms with Crippen LogP contribution in [0.3, 0.4) is 0 Å². The quantitative estimate of drug-likeness (QED) is 0.866. The molecule has 2 N–H and O–H groups in total. The summed E-state index contributed by atoms with van der Waals surface area (Å²) in [5.74, 6) is -0.479. The number of nitrogens with one attached hydrogen (secondary N) is 2. The summed E-state index contributed by atoms with van der Waals surface area (Å²) in [5, 5.41) is 4.67. The van der Waals surface area contributed by atoms with Crippen molar-refractivity contribution in [3.63, 3.8) is 0 Å². The molecule has 1 aromatic rings. The summed E-state index contributed by atoms with van der Waals surface area (Å²) < 4.78 is 36.5. The Morgan fingerprint density at radius 2 is 2.00 bits per heavy atom. The molecule has 0 aliphatic rings. The molecule has 0 aliphatic carbocycles. The van der Waals surface area contributed by atoms with Crippen LogP contribution in [0.4, 0.5) is 13.2 Å². The lowest BCUT2D eigenvalue weighted by Crippen LogP contribution is -2.39. The van der Waals surface area contributed by atoms with Gasteiger partial charge in [0.2, 0.25) is 5.91 Å². The van der Waals surface area contributed by atoms with E-state index in [-0.39, 0.29) is 12.6 Å². The van der Waals surface area contributed by atoms with Crippen LogP contribution in [0.1, 0.15) is 18.5 Å². The highest BCUT2D eigenvalue weighted by Crippen LogP contribution is 2.22. The Bertz CT molecular complexity index is 437. The van der Waals surface area contributed by atoms with Crippen LogP contribution < -0.4 is 10.6 Å². The fourth-order valence-corrected chi connectivity index (χ4v) is 2.14. The predicted octanol–water partition coefficient (Wildman–Crippen LogP) is 2.78. The maximum Gasteiger partial charge on any atom is 0.401 e. The van der Waals surface area contributed by atoms with Crippen molar-refractivity contribution in [2.24, 2.45) is 0 Å². The lowest BCUT2D eigenvalue weighted by molar-refractivity contribution is -0.128. The van der Waals surface area contributed by atoms with Crippen LogP contribution in [0.15, 0.2) is 28.7 Å². The summed E-state index contributed by atoms with van der Waals surface area (Å²) in [7, 11) is 0. The number of halogens is 4. The Labute approximate surface area is 117 Å². The SMILES string of the molecule is CC(NC(=O)CNCC(F)(F)F)c1ccccc1Br. The van der Waals surface area contributed by atoms with Crippen LogP contribution in [0.5, 0.6) is 0 Å². The Balaban J connectivity index is 2.43. The first-order valence-electron chi connectivity index (χ1n) is 5.61. The van der Waals surface area contributed by atoms with Crippen molar-refractivity contribution < 1.29 is 18.0 Å². The Kier molecular flexibility index (Phi) is 5.81. The molecule has 0 bridgehead atoms. The minimum atomic E-state index is -4.31. The molecule has 0 saturated heterocycles. The molecule has 1 atom stereocenters. The summed E-state index contributed by atoms with van der Waals surface area (Å²) in [6.07, 6.45) is -4.31. The molecule has 7 heteroatoms. The van der Waals surface area contributed by atoms with Crippen molar-refractivity contribution in [2.45, 2.75) is 19.1 Å². The van der Waals surface area contributed by atoms with Crippen molar-refractivity contribution in [1.29, 1.82) is 0 Å². The van der Waals surface area contributed by atoms with Gasteiger partial charge in [-0.1, -0.05) is 34.1 Å². The van der Waals surface area contributed by atoms with E-state index in [1.54, 1.807) is 6.92 Å². The summed E-state index contributed by atoms with van der Waals surface area (Å²) in [4.78, 5) is 11.5. The molecule has 0 radical (unpaired) electrons. The van der Waals surface area contributed by atoms with Gasteiger partial charge in [0.15, 0.2) is 0 Å². The van der Waals surface area contributed by atoms with Gasteiger partial charge in [0, 0.05) is 4.47 Å². The minimum Gasteiger partial charge on any atom is -0.348 e. The van der Waals surface area contributed by atoms with Crippen molar-refractivity contribution in [3.05, 3.63) is 34.3 Å². The van der Waals surface area contributed by atoms with Crippen LogP contribution >= 0.6 is 15.9 Å². The number of carbonyl (C=O) groups is 1. The normalized spacial score (nSPS) is 13.1. The van der Waals surface area contributed by atoms with E-state index in [0.29, 0.717) is 0 Å². The molecular formula is C12H14BrF3N2O. The molecule has 0 aliphatic heterocycles. The molecule has 0 spiro atoms. The Morgan fingerprint density at radius 3 is 2.58 bits per heavy atom. The largest absolute Gasteiger partial charge is 0.401 e. The van der Waals surface area contributed by atoms with E-state index < -0.39 is 18.6 Å². The fraction of sp³-hybridized carbons (Fsp3) is 0.417. The average molecular weight is 339 g/mol. The highest BCUT2D eigenvalue weighted by atomic mass is 79.9. The number of hydrogen-bond acceptors (Lipinski definition) is 2. The molecule has 106 valence electrons. The van der Waals surface area contributed by atoms with E-state index in [2.05, 4.69) is 21.2 Å². The van der Waals surface area contributed by atoms with Gasteiger partial charge in [-0.3, -0.25) is 4.79 Å². The lowest BCUT2D eigenvalue weighted by Gasteiger charge is -2.16. The van der Waals surface area contributed by atoms with Gasteiger partial charge in [0.25, 0.3) is 0 Å². The second-order valence-electron chi connectivity index (χ2n) is 4.03. The molecular weight excluding hydrogens is 325 g/mol. The van der Waals surface area contributed by atoms with Crippen LogP contribution in [-0.4, -0.2) is 25.2 Å². The van der Waals surface area contributed by atoms with E-state index in [9.17, 15) is 18.0 Å². The van der Waals surface area contributed by atoms with Gasteiger partial charge in [-0.15, -0.1) is 0 Å². The molecule has 3 nitrogen and oxygen atoms in total. The number of rotatable bonds is 5. The maximum absolute atomic E-state index is 11.9. The second kappa shape index (κ2) is 6.91. The molecule has 0 fully saturated rings. The first-order chi connectivity index (χ1) is 8.79. The highest BCUT2D eigenvalue weighted by Gasteiger charge is 2.26. The van der Waals surface area contributed by atoms with Crippen LogP contribution in [-0.2, 0) is 4.79 Å². The number of benzene rings is 1. The van der Waals surface area contributed by atoms with Gasteiger partial charge in [-0.25, -0.2) is 0 Å². The Morgan fingerprint density at radius 1 is 1.37 bits per heavy atom. The van der Waals surface area contributed by atoms with Gasteiger partial charge >= 0.3 is 6.18 Å². The summed E-state index contributed by atoms with van der Waals surface area (Å²) in [5.41, 5.74) is 0.867. The fourth-order valence-electron chi connectivity index (χ4n) is 1.51. The van der Waals surface area contributed by atoms with Gasteiger partial charge in [0.1, 0.15) is 0 Å². The van der Waals surface area contributed by atoms with Crippen LogP contribution in [0.25, 0.3) is 0 Å². The number of hydrogen-bond donors (Lipinski definition) is 2. The summed E-state index contributed by atoms with van der Waals surface area (Å²) in [6, 6.07) is 7.05. The van der Waals surface area contributed by atoms with Gasteiger partial charge < -0.3 is 10.6 Å². The third-order valence-electron chi connectivity index (χ3n) is 2.36. The predicted molar refractivity (Wildman–Crippen MR) is 69.6 cm³/mol. The van der Waals surface area contributed by atoms with E-state index >= 15 is 0 Å². The van der Waals surface area contributed by atoms with Crippen molar-refractivity contribution >= 4 is 21.8 Å². The van der Waals surface area contributed by atoms with Crippen LogP contribution in [0, 0.1) is 0 Å². The molecule has 1 amide bonds. The molecule has 1 rings (SSSR count). The van der Waals surface area contributed by atoms with Crippen molar-refractivity contribution in [2.75, 3.05) is 13.1 Å². The first kappa shape index (κ1) is 16.0. The maximum atomic E-state index is 11.9. The first-order valence-corrected chi connectivity index (χ1v) is 6.40. The molecule has 1 unspecified atom stereocenters. The molecule has 0 saturated carbocycles. The van der Waals surface area contributed by atoms with Gasteiger partial charge in [-0.2, -0.15) is 13.2 Å². The lowest BCUT2D eigenvalue weighted by atomic mass is 10.1. The van der Waals surface area contributed by atoms with Crippen molar-refractivity contribution in [3.8, 4) is 0 Å². The molecule has 0 aromatic heterocycles. The topological polar surface area (TPSA) is 41.1 Å². The van der Waals surface area contributed by atoms with E-state index in [0.717, 1.165) is 10.0 Å². The number of amides is 1. The summed E-state index contributed by atoms with van der Waals surface area (Å²) >= 11 is 3.35. The standard InChI is InChI=1S/C12H14BrF3N2O/c1-8(9-4-2-3-5-10(9)13)18-11(19)6-17-7-12(14,15)16/h2-5,8,17H,6-7H2,1H3,(H,18,19). The van der Waals surface area contributed by atoms with E-state index in [1.165, 1.54) is 0 Å².